The molecule has 0 fully saturated rings. The fourth-order valence-electron chi connectivity index (χ4n) is 1.95. The predicted octanol–water partition coefficient (Wildman–Crippen LogP) is 1.77. The summed E-state index contributed by atoms with van der Waals surface area (Å²) in [6.45, 7) is 6.44. The highest BCUT2D eigenvalue weighted by molar-refractivity contribution is 7.89. The van der Waals surface area contributed by atoms with Crippen molar-refractivity contribution in [3.05, 3.63) is 23.8 Å². The molecule has 0 aliphatic carbocycles. The van der Waals surface area contributed by atoms with Crippen molar-refractivity contribution in [3.63, 3.8) is 0 Å². The number of aromatic carboxylic acids is 1. The summed E-state index contributed by atoms with van der Waals surface area (Å²) in [5.74, 6) is -0.869. The first kappa shape index (κ1) is 19.4. The second kappa shape index (κ2) is 8.28. The minimum atomic E-state index is -3.87. The number of nitrogens with one attached hydrogen (secondary N) is 2. The number of hydrogen-bond acceptors (Lipinski definition) is 5. The van der Waals surface area contributed by atoms with Crippen molar-refractivity contribution in [1.82, 2.24) is 4.72 Å². The Morgan fingerprint density at radius 1 is 1.30 bits per heavy atom. The van der Waals surface area contributed by atoms with Crippen LogP contribution in [0, 0.1) is 5.92 Å². The van der Waals surface area contributed by atoms with Crippen LogP contribution in [0.1, 0.15) is 31.1 Å². The Hall–Kier alpha value is -1.64. The van der Waals surface area contributed by atoms with Crippen LogP contribution in [0.4, 0.5) is 5.69 Å². The van der Waals surface area contributed by atoms with Crippen LogP contribution >= 0.6 is 0 Å². The summed E-state index contributed by atoms with van der Waals surface area (Å²) < 4.78 is 32.5. The molecule has 0 heterocycles. The van der Waals surface area contributed by atoms with E-state index in [-0.39, 0.29) is 17.1 Å². The summed E-state index contributed by atoms with van der Waals surface area (Å²) in [7, 11) is -2.39. The molecule has 0 unspecified atom stereocenters. The van der Waals surface area contributed by atoms with Crippen LogP contribution in [0.25, 0.3) is 0 Å². The Balaban J connectivity index is 3.22. The van der Waals surface area contributed by atoms with Crippen molar-refractivity contribution in [1.29, 1.82) is 0 Å². The van der Waals surface area contributed by atoms with Crippen LogP contribution < -0.4 is 10.0 Å². The molecule has 0 saturated heterocycles. The maximum absolute atomic E-state index is 12.6. The maximum Gasteiger partial charge on any atom is 0.335 e. The summed E-state index contributed by atoms with van der Waals surface area (Å²) in [4.78, 5) is 11.0. The van der Waals surface area contributed by atoms with Gasteiger partial charge in [-0.25, -0.2) is 17.9 Å². The van der Waals surface area contributed by atoms with E-state index >= 15 is 0 Å². The molecule has 23 heavy (non-hydrogen) atoms. The summed E-state index contributed by atoms with van der Waals surface area (Å²) in [5.41, 5.74) is 0.292. The second-order valence-corrected chi connectivity index (χ2v) is 7.45. The molecular weight excluding hydrogens is 320 g/mol. The monoisotopic (exact) mass is 344 g/mol. The zero-order chi connectivity index (χ0) is 17.6. The highest BCUT2D eigenvalue weighted by Gasteiger charge is 2.23. The van der Waals surface area contributed by atoms with Crippen LogP contribution in [0.3, 0.4) is 0 Å². The minimum absolute atomic E-state index is 0.0824. The number of carboxylic acid groups (broad SMARTS) is 1. The molecule has 1 aromatic rings. The van der Waals surface area contributed by atoms with Crippen molar-refractivity contribution in [2.45, 2.75) is 31.7 Å². The van der Waals surface area contributed by atoms with Gasteiger partial charge in [0.2, 0.25) is 10.0 Å². The standard InChI is InChI=1S/C15H24N2O5S/c1-10(2)8-16-13-6-5-12(15(18)19)7-14(13)23(20,21)17-11(3)9-22-4/h5-7,10-11,16-17H,8-9H2,1-4H3,(H,18,19)/t11-/m0/s1. The van der Waals surface area contributed by atoms with Crippen molar-refractivity contribution in [2.75, 3.05) is 25.6 Å². The smallest absolute Gasteiger partial charge is 0.335 e. The van der Waals surface area contributed by atoms with Crippen molar-refractivity contribution < 1.29 is 23.1 Å². The van der Waals surface area contributed by atoms with Gasteiger partial charge in [0.05, 0.1) is 17.9 Å². The lowest BCUT2D eigenvalue weighted by Gasteiger charge is -2.18. The van der Waals surface area contributed by atoms with E-state index in [0.29, 0.717) is 18.2 Å². The zero-order valence-corrected chi connectivity index (χ0v) is 14.6. The lowest BCUT2D eigenvalue weighted by atomic mass is 10.2. The van der Waals surface area contributed by atoms with E-state index < -0.39 is 22.0 Å². The Bertz CT molecular complexity index is 643. The van der Waals surface area contributed by atoms with E-state index in [0.717, 1.165) is 6.07 Å². The SMILES string of the molecule is COC[C@H](C)NS(=O)(=O)c1cc(C(=O)O)ccc1NCC(C)C. The topological polar surface area (TPSA) is 105 Å². The van der Waals surface area contributed by atoms with Gasteiger partial charge in [-0.2, -0.15) is 0 Å². The molecule has 0 saturated carbocycles. The summed E-state index contributed by atoms with van der Waals surface area (Å²) in [5, 5.41) is 12.1. The summed E-state index contributed by atoms with van der Waals surface area (Å²) in [6, 6.07) is 3.58. The Labute approximate surface area is 137 Å². The van der Waals surface area contributed by atoms with Crippen molar-refractivity contribution in [3.8, 4) is 0 Å². The average Bonchev–Trinajstić information content (AvgIpc) is 2.44. The fourth-order valence-corrected chi connectivity index (χ4v) is 3.39. The number of carboxylic acids is 1. The van der Waals surface area contributed by atoms with Gasteiger partial charge >= 0.3 is 5.97 Å². The van der Waals surface area contributed by atoms with Gasteiger partial charge in [-0.05, 0) is 31.0 Å². The Kier molecular flexibility index (Phi) is 6.99. The van der Waals surface area contributed by atoms with E-state index in [1.807, 2.05) is 13.8 Å². The van der Waals surface area contributed by atoms with Gasteiger partial charge < -0.3 is 15.2 Å². The predicted molar refractivity (Wildman–Crippen MR) is 88.4 cm³/mol. The third-order valence-corrected chi connectivity index (χ3v) is 4.62. The van der Waals surface area contributed by atoms with E-state index in [9.17, 15) is 13.2 Å². The van der Waals surface area contributed by atoms with Crippen LogP contribution in [0.2, 0.25) is 0 Å². The molecule has 8 heteroatoms. The van der Waals surface area contributed by atoms with Crippen LogP contribution in [0.5, 0.6) is 0 Å². The largest absolute Gasteiger partial charge is 0.478 e. The molecule has 1 aromatic carbocycles. The molecule has 3 N–H and O–H groups in total. The van der Waals surface area contributed by atoms with E-state index in [1.54, 1.807) is 6.92 Å². The van der Waals surface area contributed by atoms with Crippen LogP contribution in [-0.4, -0.2) is 45.8 Å². The lowest BCUT2D eigenvalue weighted by molar-refractivity contribution is 0.0696. The minimum Gasteiger partial charge on any atom is -0.478 e. The molecule has 0 amide bonds. The summed E-state index contributed by atoms with van der Waals surface area (Å²) in [6.07, 6.45) is 0. The number of hydrogen-bond donors (Lipinski definition) is 3. The van der Waals surface area contributed by atoms with E-state index in [1.165, 1.54) is 19.2 Å². The quantitative estimate of drug-likeness (QED) is 0.630. The number of sulfonamides is 1. The van der Waals surface area contributed by atoms with Gasteiger partial charge in [0.25, 0.3) is 0 Å². The number of anilines is 1. The lowest BCUT2D eigenvalue weighted by Crippen LogP contribution is -2.36. The zero-order valence-electron chi connectivity index (χ0n) is 13.8. The maximum atomic E-state index is 12.6. The highest BCUT2D eigenvalue weighted by Crippen LogP contribution is 2.23. The van der Waals surface area contributed by atoms with E-state index in [4.69, 9.17) is 9.84 Å². The first-order valence-corrected chi connectivity index (χ1v) is 8.78. The molecule has 1 rings (SSSR count). The van der Waals surface area contributed by atoms with Crippen LogP contribution in [0.15, 0.2) is 23.1 Å². The molecular formula is C15H24N2O5S. The van der Waals surface area contributed by atoms with Crippen LogP contribution in [-0.2, 0) is 14.8 Å². The molecule has 0 bridgehead atoms. The first-order valence-electron chi connectivity index (χ1n) is 7.30. The van der Waals surface area contributed by atoms with Gasteiger partial charge in [0, 0.05) is 19.7 Å². The first-order chi connectivity index (χ1) is 10.7. The number of rotatable bonds is 9. The fraction of sp³-hybridized carbons (Fsp3) is 0.533. The highest BCUT2D eigenvalue weighted by atomic mass is 32.2. The van der Waals surface area contributed by atoms with Gasteiger partial charge in [0.1, 0.15) is 4.90 Å². The number of ether oxygens (including phenoxy) is 1. The third kappa shape index (κ3) is 5.81. The molecule has 0 radical (unpaired) electrons. The molecule has 7 nitrogen and oxygen atoms in total. The van der Waals surface area contributed by atoms with Gasteiger partial charge in [-0.1, -0.05) is 13.8 Å². The number of methoxy groups -OCH3 is 1. The molecule has 130 valence electrons. The molecule has 0 aliphatic rings. The summed E-state index contributed by atoms with van der Waals surface area (Å²) >= 11 is 0. The van der Waals surface area contributed by atoms with Gasteiger partial charge in [0.15, 0.2) is 0 Å². The van der Waals surface area contributed by atoms with Crippen molar-refractivity contribution in [2.24, 2.45) is 5.92 Å². The van der Waals surface area contributed by atoms with Crippen molar-refractivity contribution >= 4 is 21.7 Å². The second-order valence-electron chi connectivity index (χ2n) is 5.77. The number of carbonyl (C=O) groups is 1. The number of benzene rings is 1. The molecule has 0 spiro atoms. The normalized spacial score (nSPS) is 13.1. The Morgan fingerprint density at radius 3 is 2.48 bits per heavy atom. The molecule has 1 atom stereocenters. The van der Waals surface area contributed by atoms with E-state index in [2.05, 4.69) is 10.0 Å². The molecule has 0 aromatic heterocycles. The van der Waals surface area contributed by atoms with Gasteiger partial charge in [-0.15, -0.1) is 0 Å². The molecule has 0 aliphatic heterocycles. The Morgan fingerprint density at radius 2 is 1.96 bits per heavy atom. The third-order valence-electron chi connectivity index (χ3n) is 2.99. The van der Waals surface area contributed by atoms with Gasteiger partial charge in [-0.3, -0.25) is 0 Å². The average molecular weight is 344 g/mol.